The van der Waals surface area contributed by atoms with Gasteiger partial charge >= 0.3 is 0 Å². The van der Waals surface area contributed by atoms with E-state index in [0.29, 0.717) is 11.3 Å². The fourth-order valence-electron chi connectivity index (χ4n) is 1.56. The van der Waals surface area contributed by atoms with Crippen LogP contribution in [0.2, 0.25) is 5.02 Å². The minimum Gasteiger partial charge on any atom is -0.508 e. The number of phenols is 1. The predicted molar refractivity (Wildman–Crippen MR) is 72.2 cm³/mol. The molecule has 5 heteroatoms. The van der Waals surface area contributed by atoms with Crippen LogP contribution < -0.4 is 5.32 Å². The molecule has 0 aliphatic carbocycles. The maximum absolute atomic E-state index is 13.4. The van der Waals surface area contributed by atoms with E-state index in [1.807, 2.05) is 0 Å². The summed E-state index contributed by atoms with van der Waals surface area (Å²) in [6.45, 7) is 1.63. The molecule has 2 aromatic carbocycles. The molecule has 98 valence electrons. The van der Waals surface area contributed by atoms with Gasteiger partial charge < -0.3 is 10.4 Å². The first-order chi connectivity index (χ1) is 8.97. The number of hydrogen-bond acceptors (Lipinski definition) is 2. The largest absolute Gasteiger partial charge is 0.508 e. The van der Waals surface area contributed by atoms with E-state index in [9.17, 15) is 14.3 Å². The van der Waals surface area contributed by atoms with Crippen molar-refractivity contribution in [1.82, 2.24) is 0 Å². The summed E-state index contributed by atoms with van der Waals surface area (Å²) in [6, 6.07) is 8.43. The number of benzene rings is 2. The Labute approximate surface area is 114 Å². The summed E-state index contributed by atoms with van der Waals surface area (Å²) in [5, 5.41) is 12.1. The molecule has 0 aromatic heterocycles. The van der Waals surface area contributed by atoms with Crippen LogP contribution in [0.3, 0.4) is 0 Å². The van der Waals surface area contributed by atoms with Crippen molar-refractivity contribution in [1.29, 1.82) is 0 Å². The number of amides is 1. The second-order valence-corrected chi connectivity index (χ2v) is 4.49. The van der Waals surface area contributed by atoms with Crippen molar-refractivity contribution < 1.29 is 14.3 Å². The van der Waals surface area contributed by atoms with Crippen molar-refractivity contribution in [2.75, 3.05) is 5.32 Å². The van der Waals surface area contributed by atoms with Gasteiger partial charge in [-0.3, -0.25) is 4.79 Å². The zero-order valence-corrected chi connectivity index (χ0v) is 10.8. The molecule has 2 rings (SSSR count). The molecule has 0 unspecified atom stereocenters. The quantitative estimate of drug-likeness (QED) is 0.880. The summed E-state index contributed by atoms with van der Waals surface area (Å²) in [7, 11) is 0. The summed E-state index contributed by atoms with van der Waals surface area (Å²) >= 11 is 5.87. The molecule has 0 aliphatic heterocycles. The summed E-state index contributed by atoms with van der Waals surface area (Å²) in [5.41, 5.74) is 0.948. The molecular formula is C14H11ClFNO2. The Morgan fingerprint density at radius 3 is 2.68 bits per heavy atom. The molecule has 2 aromatic rings. The zero-order chi connectivity index (χ0) is 14.0. The number of aryl methyl sites for hydroxylation is 1. The van der Waals surface area contributed by atoms with Gasteiger partial charge in [-0.1, -0.05) is 17.7 Å². The maximum Gasteiger partial charge on any atom is 0.257 e. The highest BCUT2D eigenvalue weighted by molar-refractivity contribution is 6.34. The monoisotopic (exact) mass is 279 g/mol. The van der Waals surface area contributed by atoms with Crippen LogP contribution in [0, 0.1) is 12.7 Å². The highest BCUT2D eigenvalue weighted by Gasteiger charge is 2.12. The van der Waals surface area contributed by atoms with E-state index in [1.54, 1.807) is 19.1 Å². The van der Waals surface area contributed by atoms with Gasteiger partial charge in [0.25, 0.3) is 5.91 Å². The first-order valence-electron chi connectivity index (χ1n) is 5.53. The van der Waals surface area contributed by atoms with E-state index in [2.05, 4.69) is 5.32 Å². The molecule has 1 amide bonds. The molecule has 0 spiro atoms. The lowest BCUT2D eigenvalue weighted by atomic mass is 10.1. The number of carbonyl (C=O) groups excluding carboxylic acids is 1. The highest BCUT2D eigenvalue weighted by atomic mass is 35.5. The predicted octanol–water partition coefficient (Wildman–Crippen LogP) is 3.75. The number of aromatic hydroxyl groups is 1. The molecule has 19 heavy (non-hydrogen) atoms. The van der Waals surface area contributed by atoms with Crippen LogP contribution in [0.25, 0.3) is 0 Å². The first kappa shape index (κ1) is 13.4. The summed E-state index contributed by atoms with van der Waals surface area (Å²) in [6.07, 6.45) is 0. The van der Waals surface area contributed by atoms with E-state index in [-0.39, 0.29) is 16.3 Å². The van der Waals surface area contributed by atoms with Gasteiger partial charge in [-0.05, 0) is 42.8 Å². The number of anilines is 1. The Kier molecular flexibility index (Phi) is 3.71. The fraction of sp³-hybridized carbons (Fsp3) is 0.0714. The summed E-state index contributed by atoms with van der Waals surface area (Å²) in [4.78, 5) is 12.0. The Hall–Kier alpha value is -2.07. The number of carbonyl (C=O) groups is 1. The Morgan fingerprint density at radius 2 is 2.00 bits per heavy atom. The Balaban J connectivity index is 2.25. The topological polar surface area (TPSA) is 49.3 Å². The van der Waals surface area contributed by atoms with E-state index >= 15 is 0 Å². The van der Waals surface area contributed by atoms with Gasteiger partial charge in [0.1, 0.15) is 11.6 Å². The number of phenolic OH excluding ortho intramolecular Hbond substituents is 1. The standard InChI is InChI=1S/C14H11ClFNO2/c1-8-2-3-9(6-13(8)16)17-14(19)11-7-10(18)4-5-12(11)15/h2-7,18H,1H3,(H,17,19). The van der Waals surface area contributed by atoms with Crippen LogP contribution >= 0.6 is 11.6 Å². The van der Waals surface area contributed by atoms with Crippen molar-refractivity contribution in [2.45, 2.75) is 6.92 Å². The normalized spacial score (nSPS) is 10.3. The second kappa shape index (κ2) is 5.28. The van der Waals surface area contributed by atoms with Gasteiger partial charge in [-0.15, -0.1) is 0 Å². The highest BCUT2D eigenvalue weighted by Crippen LogP contribution is 2.22. The molecule has 0 fully saturated rings. The van der Waals surface area contributed by atoms with Gasteiger partial charge in [0.2, 0.25) is 0 Å². The molecule has 0 saturated heterocycles. The van der Waals surface area contributed by atoms with Crippen LogP contribution in [0.1, 0.15) is 15.9 Å². The third-order valence-corrected chi connectivity index (χ3v) is 2.95. The van der Waals surface area contributed by atoms with Gasteiger partial charge in [-0.25, -0.2) is 4.39 Å². The molecule has 3 nitrogen and oxygen atoms in total. The first-order valence-corrected chi connectivity index (χ1v) is 5.91. The van der Waals surface area contributed by atoms with Gasteiger partial charge in [0, 0.05) is 5.69 Å². The maximum atomic E-state index is 13.4. The Morgan fingerprint density at radius 1 is 1.26 bits per heavy atom. The third kappa shape index (κ3) is 3.03. The average molecular weight is 280 g/mol. The van der Waals surface area contributed by atoms with Crippen LogP contribution in [0.5, 0.6) is 5.75 Å². The van der Waals surface area contributed by atoms with Crippen LogP contribution in [0.4, 0.5) is 10.1 Å². The van der Waals surface area contributed by atoms with Crippen LogP contribution in [-0.4, -0.2) is 11.0 Å². The Bertz CT molecular complexity index is 643. The molecule has 0 heterocycles. The molecule has 0 bridgehead atoms. The van der Waals surface area contributed by atoms with Gasteiger partial charge in [0.15, 0.2) is 0 Å². The zero-order valence-electron chi connectivity index (χ0n) is 10.1. The van der Waals surface area contributed by atoms with Crippen molar-refractivity contribution in [3.63, 3.8) is 0 Å². The summed E-state index contributed by atoms with van der Waals surface area (Å²) < 4.78 is 13.4. The van der Waals surface area contributed by atoms with E-state index in [1.165, 1.54) is 24.3 Å². The van der Waals surface area contributed by atoms with Crippen molar-refractivity contribution in [3.05, 3.63) is 58.4 Å². The number of hydrogen-bond donors (Lipinski definition) is 2. The number of rotatable bonds is 2. The summed E-state index contributed by atoms with van der Waals surface area (Å²) in [5.74, 6) is -0.978. The smallest absolute Gasteiger partial charge is 0.257 e. The molecule has 2 N–H and O–H groups in total. The lowest BCUT2D eigenvalue weighted by Gasteiger charge is -2.08. The third-order valence-electron chi connectivity index (χ3n) is 2.62. The molecule has 0 atom stereocenters. The van der Waals surface area contributed by atoms with Gasteiger partial charge in [0.05, 0.1) is 10.6 Å². The number of halogens is 2. The van der Waals surface area contributed by atoms with Crippen LogP contribution in [0.15, 0.2) is 36.4 Å². The van der Waals surface area contributed by atoms with Gasteiger partial charge in [-0.2, -0.15) is 0 Å². The lowest BCUT2D eigenvalue weighted by Crippen LogP contribution is -2.12. The SMILES string of the molecule is Cc1ccc(NC(=O)c2cc(O)ccc2Cl)cc1F. The molecular weight excluding hydrogens is 269 g/mol. The minimum atomic E-state index is -0.510. The minimum absolute atomic E-state index is 0.0652. The molecule has 0 saturated carbocycles. The molecule has 0 aliphatic rings. The van der Waals surface area contributed by atoms with Crippen molar-refractivity contribution in [3.8, 4) is 5.75 Å². The van der Waals surface area contributed by atoms with Crippen molar-refractivity contribution in [2.24, 2.45) is 0 Å². The average Bonchev–Trinajstić information content (AvgIpc) is 2.36. The second-order valence-electron chi connectivity index (χ2n) is 4.08. The lowest BCUT2D eigenvalue weighted by molar-refractivity contribution is 0.102. The van der Waals surface area contributed by atoms with E-state index in [4.69, 9.17) is 11.6 Å². The molecule has 0 radical (unpaired) electrons. The van der Waals surface area contributed by atoms with Crippen LogP contribution in [-0.2, 0) is 0 Å². The van der Waals surface area contributed by atoms with E-state index in [0.717, 1.165) is 0 Å². The number of nitrogens with one attached hydrogen (secondary N) is 1. The van der Waals surface area contributed by atoms with E-state index < -0.39 is 11.7 Å². The fourth-order valence-corrected chi connectivity index (χ4v) is 1.76. The van der Waals surface area contributed by atoms with Crippen molar-refractivity contribution >= 4 is 23.2 Å².